The monoisotopic (exact) mass is 426 g/mol. The highest BCUT2D eigenvalue weighted by Gasteiger charge is 2.17. The Morgan fingerprint density at radius 1 is 0.969 bits per heavy atom. The van der Waals surface area contributed by atoms with E-state index in [0.717, 1.165) is 11.1 Å². The van der Waals surface area contributed by atoms with Gasteiger partial charge in [0.2, 0.25) is 5.88 Å². The predicted molar refractivity (Wildman–Crippen MR) is 126 cm³/mol. The van der Waals surface area contributed by atoms with Gasteiger partial charge in [0.05, 0.1) is 29.6 Å². The summed E-state index contributed by atoms with van der Waals surface area (Å²) in [7, 11) is 1.31. The van der Waals surface area contributed by atoms with Crippen molar-refractivity contribution in [3.63, 3.8) is 0 Å². The Morgan fingerprint density at radius 3 is 2.38 bits per heavy atom. The van der Waals surface area contributed by atoms with Crippen LogP contribution in [0.3, 0.4) is 0 Å². The molecule has 0 saturated heterocycles. The van der Waals surface area contributed by atoms with E-state index in [1.165, 1.54) is 17.9 Å². The number of carbonyl (C=O) groups excluding carboxylic acids is 1. The van der Waals surface area contributed by atoms with Crippen LogP contribution in [0, 0.1) is 13.8 Å². The van der Waals surface area contributed by atoms with Crippen LogP contribution < -0.4 is 5.56 Å². The first-order valence-corrected chi connectivity index (χ1v) is 10.1. The van der Waals surface area contributed by atoms with Crippen molar-refractivity contribution >= 4 is 28.6 Å². The van der Waals surface area contributed by atoms with Crippen molar-refractivity contribution in [2.24, 2.45) is 4.99 Å². The molecule has 1 aromatic heterocycles. The maximum Gasteiger partial charge on any atom is 0.340 e. The quantitative estimate of drug-likeness (QED) is 0.374. The van der Waals surface area contributed by atoms with Gasteiger partial charge in [-0.05, 0) is 55.3 Å². The molecule has 0 spiro atoms. The van der Waals surface area contributed by atoms with E-state index in [-0.39, 0.29) is 11.4 Å². The maximum atomic E-state index is 13.3. The molecule has 1 heterocycles. The molecule has 0 amide bonds. The van der Waals surface area contributed by atoms with Gasteiger partial charge in [0.1, 0.15) is 0 Å². The summed E-state index contributed by atoms with van der Waals surface area (Å²) < 4.78 is 6.11. The lowest BCUT2D eigenvalue weighted by Crippen LogP contribution is -2.20. The zero-order valence-electron chi connectivity index (χ0n) is 18.0. The highest BCUT2D eigenvalue weighted by atomic mass is 16.5. The Bertz CT molecular complexity index is 1430. The standard InChI is InChI=1S/C26H22N2O4/c1-16-12-13-18(14-17(16)2)28-24(29)20-9-5-4-8-19(20)22(25(28)30)15-27-23-11-7-6-10-21(23)26(31)32-3/h4-15,30H,1-3H3. The number of hydrogen-bond acceptors (Lipinski definition) is 5. The van der Waals surface area contributed by atoms with E-state index in [1.54, 1.807) is 54.6 Å². The Morgan fingerprint density at radius 2 is 1.66 bits per heavy atom. The van der Waals surface area contributed by atoms with Crippen LogP contribution in [-0.4, -0.2) is 29.0 Å². The SMILES string of the molecule is COC(=O)c1ccccc1N=Cc1c(O)n(-c2ccc(C)c(C)c2)c(=O)c2ccccc12. The molecule has 0 aliphatic heterocycles. The van der Waals surface area contributed by atoms with Crippen molar-refractivity contribution in [2.75, 3.05) is 7.11 Å². The third-order valence-electron chi connectivity index (χ3n) is 5.49. The molecular formula is C26H22N2O4. The Labute approximate surface area is 185 Å². The van der Waals surface area contributed by atoms with Gasteiger partial charge >= 0.3 is 5.97 Å². The fourth-order valence-corrected chi connectivity index (χ4v) is 3.60. The van der Waals surface area contributed by atoms with Gasteiger partial charge in [-0.2, -0.15) is 0 Å². The number of benzene rings is 3. The highest BCUT2D eigenvalue weighted by molar-refractivity contribution is 6.03. The third-order valence-corrected chi connectivity index (χ3v) is 5.49. The van der Waals surface area contributed by atoms with Crippen LogP contribution in [0.25, 0.3) is 16.5 Å². The van der Waals surface area contributed by atoms with Crippen LogP contribution in [0.15, 0.2) is 76.5 Å². The molecule has 6 nitrogen and oxygen atoms in total. The molecule has 0 radical (unpaired) electrons. The van der Waals surface area contributed by atoms with Gasteiger partial charge in [0.25, 0.3) is 5.56 Å². The van der Waals surface area contributed by atoms with Crippen LogP contribution in [0.4, 0.5) is 5.69 Å². The van der Waals surface area contributed by atoms with Crippen molar-refractivity contribution in [2.45, 2.75) is 13.8 Å². The molecule has 0 unspecified atom stereocenters. The second kappa shape index (κ2) is 8.51. The Hall–Kier alpha value is -4.19. The van der Waals surface area contributed by atoms with E-state index in [9.17, 15) is 14.7 Å². The van der Waals surface area contributed by atoms with Gasteiger partial charge in [-0.1, -0.05) is 36.4 Å². The van der Waals surface area contributed by atoms with Gasteiger partial charge in [-0.3, -0.25) is 9.79 Å². The fraction of sp³-hybridized carbons (Fsp3) is 0.115. The first-order valence-electron chi connectivity index (χ1n) is 10.1. The zero-order valence-corrected chi connectivity index (χ0v) is 18.0. The summed E-state index contributed by atoms with van der Waals surface area (Å²) in [5, 5.41) is 12.2. The molecule has 0 atom stereocenters. The number of carbonyl (C=O) groups is 1. The van der Waals surface area contributed by atoms with Gasteiger partial charge < -0.3 is 9.84 Å². The topological polar surface area (TPSA) is 80.9 Å². The van der Waals surface area contributed by atoms with Crippen LogP contribution in [0.1, 0.15) is 27.0 Å². The van der Waals surface area contributed by atoms with Gasteiger partial charge in [-0.25, -0.2) is 9.36 Å². The number of aryl methyl sites for hydroxylation is 2. The molecule has 6 heteroatoms. The number of pyridine rings is 1. The molecule has 1 N–H and O–H groups in total. The normalized spacial score (nSPS) is 11.2. The fourth-order valence-electron chi connectivity index (χ4n) is 3.60. The van der Waals surface area contributed by atoms with Crippen LogP contribution in [0.5, 0.6) is 5.88 Å². The summed E-state index contributed by atoms with van der Waals surface area (Å²) in [6, 6.07) is 19.4. The van der Waals surface area contributed by atoms with Gasteiger partial charge in [-0.15, -0.1) is 0 Å². The summed E-state index contributed by atoms with van der Waals surface area (Å²) in [4.78, 5) is 29.8. The molecule has 4 rings (SSSR count). The highest BCUT2D eigenvalue weighted by Crippen LogP contribution is 2.28. The minimum Gasteiger partial charge on any atom is -0.494 e. The summed E-state index contributed by atoms with van der Waals surface area (Å²) in [5.74, 6) is -0.733. The van der Waals surface area contributed by atoms with Gasteiger partial charge in [0, 0.05) is 17.0 Å². The number of hydrogen-bond donors (Lipinski definition) is 1. The smallest absolute Gasteiger partial charge is 0.340 e. The average Bonchev–Trinajstić information content (AvgIpc) is 2.81. The predicted octanol–water partition coefficient (Wildman–Crippen LogP) is 4.85. The third kappa shape index (κ3) is 3.67. The largest absolute Gasteiger partial charge is 0.494 e. The van der Waals surface area contributed by atoms with Crippen LogP contribution in [0.2, 0.25) is 0 Å². The number of methoxy groups -OCH3 is 1. The van der Waals surface area contributed by atoms with Crippen LogP contribution >= 0.6 is 0 Å². The molecule has 0 bridgehead atoms. The lowest BCUT2D eigenvalue weighted by Gasteiger charge is -2.15. The number of aromatic hydroxyl groups is 1. The number of para-hydroxylation sites is 1. The van der Waals surface area contributed by atoms with E-state index >= 15 is 0 Å². The second-order valence-corrected chi connectivity index (χ2v) is 7.46. The minimum atomic E-state index is -0.507. The summed E-state index contributed by atoms with van der Waals surface area (Å²) in [6.07, 6.45) is 1.47. The van der Waals surface area contributed by atoms with E-state index in [2.05, 4.69) is 4.99 Å². The van der Waals surface area contributed by atoms with E-state index in [1.807, 2.05) is 26.0 Å². The number of rotatable bonds is 4. The van der Waals surface area contributed by atoms with Gasteiger partial charge in [0.15, 0.2) is 0 Å². The summed E-state index contributed by atoms with van der Waals surface area (Å²) >= 11 is 0. The van der Waals surface area contributed by atoms with Crippen molar-refractivity contribution in [3.05, 3.63) is 99.3 Å². The first-order chi connectivity index (χ1) is 15.4. The number of ether oxygens (including phenoxy) is 1. The summed E-state index contributed by atoms with van der Waals surface area (Å²) in [6.45, 7) is 3.94. The van der Waals surface area contributed by atoms with Crippen molar-refractivity contribution in [3.8, 4) is 11.6 Å². The van der Waals surface area contributed by atoms with E-state index in [4.69, 9.17) is 4.74 Å². The van der Waals surface area contributed by atoms with Crippen molar-refractivity contribution in [1.82, 2.24) is 4.57 Å². The van der Waals surface area contributed by atoms with Crippen LogP contribution in [-0.2, 0) is 4.74 Å². The molecule has 4 aromatic rings. The molecule has 0 aliphatic rings. The second-order valence-electron chi connectivity index (χ2n) is 7.46. The number of nitrogens with zero attached hydrogens (tertiary/aromatic N) is 2. The van der Waals surface area contributed by atoms with Crippen molar-refractivity contribution in [1.29, 1.82) is 0 Å². The Kier molecular flexibility index (Phi) is 5.60. The van der Waals surface area contributed by atoms with E-state index in [0.29, 0.717) is 33.3 Å². The molecule has 0 fully saturated rings. The van der Waals surface area contributed by atoms with Crippen molar-refractivity contribution < 1.29 is 14.6 Å². The lowest BCUT2D eigenvalue weighted by molar-refractivity contribution is 0.0601. The molecule has 160 valence electrons. The molecule has 3 aromatic carbocycles. The maximum absolute atomic E-state index is 13.3. The van der Waals surface area contributed by atoms with E-state index < -0.39 is 5.97 Å². The lowest BCUT2D eigenvalue weighted by atomic mass is 10.1. The number of aliphatic imine (C=N–C) groups is 1. The first kappa shape index (κ1) is 21.1. The summed E-state index contributed by atoms with van der Waals surface area (Å²) in [5.41, 5.74) is 3.40. The molecule has 32 heavy (non-hydrogen) atoms. The average molecular weight is 426 g/mol. The molecular weight excluding hydrogens is 404 g/mol. The zero-order chi connectivity index (χ0) is 22.8. The number of esters is 1. The molecule has 0 aliphatic carbocycles. The number of fused-ring (bicyclic) bond motifs is 1. The number of aromatic nitrogens is 1. The molecule has 0 saturated carbocycles. The minimum absolute atomic E-state index is 0.226. The Balaban J connectivity index is 1.97.